The number of rotatable bonds is 6. The summed E-state index contributed by atoms with van der Waals surface area (Å²) in [5.74, 6) is -5.38. The normalized spacial score (nSPS) is 11.8. The first-order chi connectivity index (χ1) is 17.1. The fraction of sp³-hybridized carbons (Fsp3) is 0.120. The highest BCUT2D eigenvalue weighted by Gasteiger charge is 2.26. The van der Waals surface area contributed by atoms with Crippen molar-refractivity contribution in [2.45, 2.75) is 19.9 Å². The zero-order valence-electron chi connectivity index (χ0n) is 19.0. The average molecular weight is 514 g/mol. The predicted octanol–water partition coefficient (Wildman–Crippen LogP) is 5.53. The lowest BCUT2D eigenvalue weighted by atomic mass is 10.1. The lowest BCUT2D eigenvalue weighted by molar-refractivity contribution is 0.0998. The molecule has 184 valence electrons. The number of benzene rings is 3. The molecule has 0 saturated heterocycles. The molecule has 0 fully saturated rings. The second-order valence-corrected chi connectivity index (χ2v) is 8.37. The summed E-state index contributed by atoms with van der Waals surface area (Å²) < 4.78 is 42.2. The van der Waals surface area contributed by atoms with Crippen LogP contribution in [0.5, 0.6) is 0 Å². The third kappa shape index (κ3) is 4.55. The van der Waals surface area contributed by atoms with E-state index in [0.717, 1.165) is 6.92 Å². The lowest BCUT2D eigenvalue weighted by Gasteiger charge is -2.18. The van der Waals surface area contributed by atoms with Gasteiger partial charge in [-0.1, -0.05) is 29.8 Å². The predicted molar refractivity (Wildman–Crippen MR) is 131 cm³/mol. The summed E-state index contributed by atoms with van der Waals surface area (Å²) >= 11 is 5.72. The number of aromatic nitrogens is 2. The molecule has 4 rings (SSSR count). The monoisotopic (exact) mass is 513 g/mol. The molecule has 36 heavy (non-hydrogen) atoms. The molecule has 0 spiro atoms. The summed E-state index contributed by atoms with van der Waals surface area (Å²) in [6.07, 6.45) is 1.31. The summed E-state index contributed by atoms with van der Waals surface area (Å²) in [5.41, 5.74) is 5.64. The van der Waals surface area contributed by atoms with E-state index in [4.69, 9.17) is 17.3 Å². The Hall–Kier alpha value is -4.18. The van der Waals surface area contributed by atoms with E-state index < -0.39 is 45.4 Å². The van der Waals surface area contributed by atoms with E-state index in [-0.39, 0.29) is 17.3 Å². The first-order valence-electron chi connectivity index (χ1n) is 10.6. The van der Waals surface area contributed by atoms with Crippen LogP contribution in [-0.4, -0.2) is 21.8 Å². The molecule has 0 saturated carbocycles. The second-order valence-electron chi connectivity index (χ2n) is 7.99. The van der Waals surface area contributed by atoms with Gasteiger partial charge in [0.1, 0.15) is 18.0 Å². The van der Waals surface area contributed by atoms with Crippen LogP contribution in [-0.2, 0) is 0 Å². The van der Waals surface area contributed by atoms with Crippen LogP contribution in [0.1, 0.15) is 44.8 Å². The molecule has 3 aromatic carbocycles. The fourth-order valence-corrected chi connectivity index (χ4v) is 3.97. The molecule has 0 aliphatic heterocycles. The minimum atomic E-state index is -1.50. The molecule has 4 N–H and O–H groups in total. The van der Waals surface area contributed by atoms with Gasteiger partial charge in [0, 0.05) is 16.6 Å². The van der Waals surface area contributed by atoms with Gasteiger partial charge in [-0.15, -0.1) is 0 Å². The maximum absolute atomic E-state index is 14.5. The van der Waals surface area contributed by atoms with Gasteiger partial charge in [0.2, 0.25) is 0 Å². The van der Waals surface area contributed by atoms with Gasteiger partial charge < -0.3 is 16.4 Å². The van der Waals surface area contributed by atoms with Crippen LogP contribution in [0.25, 0.3) is 10.9 Å². The number of primary amides is 1. The van der Waals surface area contributed by atoms with E-state index in [2.05, 4.69) is 20.6 Å². The number of amides is 2. The minimum Gasteiger partial charge on any atom is -0.366 e. The van der Waals surface area contributed by atoms with Gasteiger partial charge in [-0.25, -0.2) is 23.1 Å². The zero-order chi connectivity index (χ0) is 26.1. The third-order valence-electron chi connectivity index (χ3n) is 5.64. The summed E-state index contributed by atoms with van der Waals surface area (Å²) in [5, 5.41) is 5.34. The number of hydrogen-bond acceptors (Lipinski definition) is 5. The number of hydrogen-bond donors (Lipinski definition) is 3. The Labute approximate surface area is 208 Å². The Kier molecular flexibility index (Phi) is 6.80. The van der Waals surface area contributed by atoms with Crippen molar-refractivity contribution in [1.82, 2.24) is 9.97 Å². The topological polar surface area (TPSA) is 110 Å². The van der Waals surface area contributed by atoms with Gasteiger partial charge in [-0.3, -0.25) is 9.59 Å². The van der Waals surface area contributed by atoms with Gasteiger partial charge in [-0.05, 0) is 43.7 Å². The number of carbonyl (C=O) groups is 2. The number of nitrogens with one attached hydrogen (secondary N) is 2. The van der Waals surface area contributed by atoms with Gasteiger partial charge in [0.15, 0.2) is 11.6 Å². The molecule has 11 heteroatoms. The fourth-order valence-electron chi connectivity index (χ4n) is 3.72. The standard InChI is InChI=1S/C25H19ClF3N5O2/c1-11-19(27)17(18(26)21(29)20(11)28)25(36)34-14-6-3-5-13(9-14)12(2)33-24-16-8-4-7-15(23(30)35)22(16)31-10-32-24/h3-10,12H,1-2H3,(H2,30,35)(H,34,36)(H,31,32,33)/t12-/m1/s1. The van der Waals surface area contributed by atoms with Crippen LogP contribution in [0.2, 0.25) is 5.02 Å². The van der Waals surface area contributed by atoms with Crippen molar-refractivity contribution < 1.29 is 22.8 Å². The number of fused-ring (bicyclic) bond motifs is 1. The van der Waals surface area contributed by atoms with E-state index in [1.807, 2.05) is 6.92 Å². The van der Waals surface area contributed by atoms with Crippen LogP contribution in [0.4, 0.5) is 24.7 Å². The molecule has 0 aliphatic rings. The third-order valence-corrected chi connectivity index (χ3v) is 5.99. The Morgan fingerprint density at radius 1 is 1.03 bits per heavy atom. The molecule has 4 aromatic rings. The smallest absolute Gasteiger partial charge is 0.260 e. The van der Waals surface area contributed by atoms with E-state index >= 15 is 0 Å². The quantitative estimate of drug-likeness (QED) is 0.232. The molecule has 0 aliphatic carbocycles. The maximum atomic E-state index is 14.5. The van der Waals surface area contributed by atoms with Crippen molar-refractivity contribution in [3.63, 3.8) is 0 Å². The van der Waals surface area contributed by atoms with Gasteiger partial charge >= 0.3 is 0 Å². The Morgan fingerprint density at radius 2 is 1.75 bits per heavy atom. The number of para-hydroxylation sites is 1. The van der Waals surface area contributed by atoms with E-state index in [1.54, 1.807) is 42.5 Å². The van der Waals surface area contributed by atoms with Crippen molar-refractivity contribution in [3.05, 3.63) is 93.5 Å². The molecular formula is C25H19ClF3N5O2. The van der Waals surface area contributed by atoms with Crippen molar-refractivity contribution in [1.29, 1.82) is 0 Å². The SMILES string of the molecule is Cc1c(F)c(F)c(Cl)c(C(=O)Nc2cccc([C@@H](C)Nc3ncnc4c(C(N)=O)cccc34)c2)c1F. The van der Waals surface area contributed by atoms with Crippen molar-refractivity contribution >= 4 is 45.8 Å². The maximum Gasteiger partial charge on any atom is 0.260 e. The van der Waals surface area contributed by atoms with Crippen LogP contribution in [0.15, 0.2) is 48.8 Å². The zero-order valence-corrected chi connectivity index (χ0v) is 19.8. The van der Waals surface area contributed by atoms with Gasteiger partial charge in [0.25, 0.3) is 11.8 Å². The molecule has 1 atom stereocenters. The highest BCUT2D eigenvalue weighted by atomic mass is 35.5. The summed E-state index contributed by atoms with van der Waals surface area (Å²) in [6, 6.07) is 11.2. The Balaban J connectivity index is 1.60. The van der Waals surface area contributed by atoms with Crippen molar-refractivity contribution in [2.75, 3.05) is 10.6 Å². The second kappa shape index (κ2) is 9.82. The van der Waals surface area contributed by atoms with Crippen LogP contribution in [0, 0.1) is 24.4 Å². The number of halogens is 4. The summed E-state index contributed by atoms with van der Waals surface area (Å²) in [6.45, 7) is 2.85. The molecule has 2 amide bonds. The molecule has 1 aromatic heterocycles. The van der Waals surface area contributed by atoms with Crippen LogP contribution in [0.3, 0.4) is 0 Å². The molecule has 0 unspecified atom stereocenters. The van der Waals surface area contributed by atoms with Gasteiger partial charge in [0.05, 0.1) is 27.7 Å². The largest absolute Gasteiger partial charge is 0.366 e. The van der Waals surface area contributed by atoms with Crippen molar-refractivity contribution in [2.24, 2.45) is 5.73 Å². The average Bonchev–Trinajstić information content (AvgIpc) is 2.86. The van der Waals surface area contributed by atoms with E-state index in [9.17, 15) is 22.8 Å². The van der Waals surface area contributed by atoms with Gasteiger partial charge in [-0.2, -0.15) is 0 Å². The first-order valence-corrected chi connectivity index (χ1v) is 11.0. The summed E-state index contributed by atoms with van der Waals surface area (Å²) in [4.78, 5) is 32.8. The van der Waals surface area contributed by atoms with Crippen LogP contribution >= 0.6 is 11.6 Å². The summed E-state index contributed by atoms with van der Waals surface area (Å²) in [7, 11) is 0. The molecule has 0 bridgehead atoms. The minimum absolute atomic E-state index is 0.258. The molecular weight excluding hydrogens is 495 g/mol. The number of nitrogens with zero attached hydrogens (tertiary/aromatic N) is 2. The van der Waals surface area contributed by atoms with Crippen LogP contribution < -0.4 is 16.4 Å². The lowest BCUT2D eigenvalue weighted by Crippen LogP contribution is -2.17. The van der Waals surface area contributed by atoms with E-state index in [0.29, 0.717) is 22.3 Å². The number of carbonyl (C=O) groups excluding carboxylic acids is 2. The molecule has 1 heterocycles. The highest BCUT2D eigenvalue weighted by Crippen LogP contribution is 2.30. The van der Waals surface area contributed by atoms with E-state index in [1.165, 1.54) is 6.33 Å². The highest BCUT2D eigenvalue weighted by molar-refractivity contribution is 6.34. The Bertz CT molecular complexity index is 1500. The Morgan fingerprint density at radius 3 is 2.47 bits per heavy atom. The number of nitrogens with two attached hydrogens (primary N) is 1. The molecule has 7 nitrogen and oxygen atoms in total. The first kappa shape index (κ1) is 24.9. The number of anilines is 2. The molecule has 0 radical (unpaired) electrons. The van der Waals surface area contributed by atoms with Crippen molar-refractivity contribution in [3.8, 4) is 0 Å².